The van der Waals surface area contributed by atoms with Gasteiger partial charge in [0.1, 0.15) is 6.04 Å². The molecule has 0 radical (unpaired) electrons. The zero-order valence-electron chi connectivity index (χ0n) is 11.5. The topological polar surface area (TPSA) is 55.8 Å². The number of hydrogen-bond donors (Lipinski definition) is 0. The molecule has 5 heteroatoms. The molecule has 0 aromatic carbocycles. The van der Waals surface area contributed by atoms with Crippen molar-refractivity contribution in [3.8, 4) is 0 Å². The molecule has 0 aliphatic carbocycles. The van der Waals surface area contributed by atoms with Gasteiger partial charge in [0.15, 0.2) is 0 Å². The number of carbonyl (C=O) groups is 2. The summed E-state index contributed by atoms with van der Waals surface area (Å²) < 4.78 is 9.88. The molecule has 18 heavy (non-hydrogen) atoms. The molecule has 0 bridgehead atoms. The van der Waals surface area contributed by atoms with E-state index in [9.17, 15) is 9.59 Å². The molecule has 2 atom stereocenters. The van der Waals surface area contributed by atoms with E-state index in [1.807, 2.05) is 6.92 Å². The predicted octanol–water partition coefficient (Wildman–Crippen LogP) is 1.36. The SMILES string of the molecule is COC(=O)C1CCCCN1C(=O)CCC(C)OC. The molecule has 0 N–H and O–H groups in total. The summed E-state index contributed by atoms with van der Waals surface area (Å²) in [5.41, 5.74) is 0. The number of esters is 1. The Morgan fingerprint density at radius 3 is 2.67 bits per heavy atom. The number of nitrogens with zero attached hydrogens (tertiary/aromatic N) is 1. The Bertz CT molecular complexity index is 293. The van der Waals surface area contributed by atoms with Crippen LogP contribution in [0, 0.1) is 0 Å². The largest absolute Gasteiger partial charge is 0.467 e. The first-order valence-corrected chi connectivity index (χ1v) is 6.50. The summed E-state index contributed by atoms with van der Waals surface area (Å²) in [5, 5.41) is 0. The van der Waals surface area contributed by atoms with E-state index >= 15 is 0 Å². The van der Waals surface area contributed by atoms with Crippen molar-refractivity contribution < 1.29 is 19.1 Å². The third kappa shape index (κ3) is 3.98. The van der Waals surface area contributed by atoms with Gasteiger partial charge in [-0.1, -0.05) is 0 Å². The van der Waals surface area contributed by atoms with E-state index in [1.54, 1.807) is 12.0 Å². The Kier molecular flexibility index (Phi) is 6.12. The molecule has 1 heterocycles. The van der Waals surface area contributed by atoms with Crippen molar-refractivity contribution in [2.45, 2.75) is 51.2 Å². The van der Waals surface area contributed by atoms with E-state index in [1.165, 1.54) is 7.11 Å². The van der Waals surface area contributed by atoms with Crippen LogP contribution < -0.4 is 0 Å². The van der Waals surface area contributed by atoms with E-state index in [0.717, 1.165) is 12.8 Å². The zero-order chi connectivity index (χ0) is 13.5. The van der Waals surface area contributed by atoms with Crippen LogP contribution in [-0.2, 0) is 19.1 Å². The van der Waals surface area contributed by atoms with Gasteiger partial charge in [-0.15, -0.1) is 0 Å². The predicted molar refractivity (Wildman–Crippen MR) is 67.1 cm³/mol. The van der Waals surface area contributed by atoms with Crippen LogP contribution in [0.5, 0.6) is 0 Å². The maximum atomic E-state index is 12.1. The number of hydrogen-bond acceptors (Lipinski definition) is 4. The summed E-state index contributed by atoms with van der Waals surface area (Å²) in [6.07, 6.45) is 3.80. The maximum absolute atomic E-state index is 12.1. The highest BCUT2D eigenvalue weighted by molar-refractivity contribution is 5.84. The maximum Gasteiger partial charge on any atom is 0.328 e. The third-order valence-corrected chi connectivity index (χ3v) is 3.46. The van der Waals surface area contributed by atoms with Crippen molar-refractivity contribution in [1.29, 1.82) is 0 Å². The molecule has 0 spiro atoms. The molecule has 1 saturated heterocycles. The minimum absolute atomic E-state index is 0.0222. The number of amides is 1. The van der Waals surface area contributed by atoms with Gasteiger partial charge in [0.2, 0.25) is 5.91 Å². The number of methoxy groups -OCH3 is 2. The second kappa shape index (κ2) is 7.36. The Hall–Kier alpha value is -1.10. The smallest absolute Gasteiger partial charge is 0.328 e. The fourth-order valence-corrected chi connectivity index (χ4v) is 2.20. The van der Waals surface area contributed by atoms with Crippen molar-refractivity contribution in [3.05, 3.63) is 0 Å². The van der Waals surface area contributed by atoms with Crippen LogP contribution in [0.25, 0.3) is 0 Å². The van der Waals surface area contributed by atoms with Gasteiger partial charge in [-0.05, 0) is 32.6 Å². The highest BCUT2D eigenvalue weighted by Crippen LogP contribution is 2.19. The highest BCUT2D eigenvalue weighted by atomic mass is 16.5. The van der Waals surface area contributed by atoms with Gasteiger partial charge in [-0.25, -0.2) is 4.79 Å². The average molecular weight is 257 g/mol. The number of piperidine rings is 1. The molecule has 1 fully saturated rings. The molecule has 1 amide bonds. The Balaban J connectivity index is 2.54. The van der Waals surface area contributed by atoms with Gasteiger partial charge >= 0.3 is 5.97 Å². The standard InChI is InChI=1S/C13H23NO4/c1-10(17-2)7-8-12(15)14-9-5-4-6-11(14)13(16)18-3/h10-11H,4-9H2,1-3H3. The number of rotatable bonds is 5. The van der Waals surface area contributed by atoms with Crippen molar-refractivity contribution in [2.24, 2.45) is 0 Å². The summed E-state index contributed by atoms with van der Waals surface area (Å²) in [5.74, 6) is -0.281. The van der Waals surface area contributed by atoms with Crippen LogP contribution in [0.1, 0.15) is 39.0 Å². The summed E-state index contributed by atoms with van der Waals surface area (Å²) in [4.78, 5) is 25.4. The summed E-state index contributed by atoms with van der Waals surface area (Å²) >= 11 is 0. The van der Waals surface area contributed by atoms with Gasteiger partial charge < -0.3 is 14.4 Å². The first-order chi connectivity index (χ1) is 8.60. The van der Waals surface area contributed by atoms with Gasteiger partial charge in [-0.2, -0.15) is 0 Å². The van der Waals surface area contributed by atoms with Crippen molar-refractivity contribution in [1.82, 2.24) is 4.90 Å². The Morgan fingerprint density at radius 2 is 2.06 bits per heavy atom. The minimum atomic E-state index is -0.394. The first-order valence-electron chi connectivity index (χ1n) is 6.50. The average Bonchev–Trinajstić information content (AvgIpc) is 2.43. The summed E-state index contributed by atoms with van der Waals surface area (Å²) in [7, 11) is 3.00. The zero-order valence-corrected chi connectivity index (χ0v) is 11.5. The van der Waals surface area contributed by atoms with Crippen molar-refractivity contribution in [3.63, 3.8) is 0 Å². The lowest BCUT2D eigenvalue weighted by Crippen LogP contribution is -2.48. The van der Waals surface area contributed by atoms with Crippen LogP contribution in [0.2, 0.25) is 0 Å². The summed E-state index contributed by atoms with van der Waals surface area (Å²) in [6, 6.07) is -0.394. The molecule has 5 nitrogen and oxygen atoms in total. The molecule has 2 unspecified atom stereocenters. The fraction of sp³-hybridized carbons (Fsp3) is 0.846. The number of ether oxygens (including phenoxy) is 2. The van der Waals surface area contributed by atoms with E-state index in [0.29, 0.717) is 25.8 Å². The molecular weight excluding hydrogens is 234 g/mol. The lowest BCUT2D eigenvalue weighted by atomic mass is 10.0. The molecule has 0 aromatic rings. The number of carbonyl (C=O) groups excluding carboxylic acids is 2. The van der Waals surface area contributed by atoms with E-state index in [4.69, 9.17) is 9.47 Å². The molecule has 1 rings (SSSR count). The second-order valence-corrected chi connectivity index (χ2v) is 4.71. The van der Waals surface area contributed by atoms with Gasteiger partial charge in [-0.3, -0.25) is 4.79 Å². The van der Waals surface area contributed by atoms with Crippen molar-refractivity contribution in [2.75, 3.05) is 20.8 Å². The fourth-order valence-electron chi connectivity index (χ4n) is 2.20. The molecule has 104 valence electrons. The molecule has 1 aliphatic heterocycles. The summed E-state index contributed by atoms with van der Waals surface area (Å²) in [6.45, 7) is 2.58. The van der Waals surface area contributed by atoms with Crippen LogP contribution in [0.4, 0.5) is 0 Å². The monoisotopic (exact) mass is 257 g/mol. The van der Waals surface area contributed by atoms with Crippen molar-refractivity contribution >= 4 is 11.9 Å². The minimum Gasteiger partial charge on any atom is -0.467 e. The normalized spacial score (nSPS) is 21.5. The van der Waals surface area contributed by atoms with Gasteiger partial charge in [0.25, 0.3) is 0 Å². The van der Waals surface area contributed by atoms with Crippen LogP contribution in [0.15, 0.2) is 0 Å². The molecule has 1 aliphatic rings. The first kappa shape index (κ1) is 15.0. The molecule has 0 aromatic heterocycles. The Morgan fingerprint density at radius 1 is 1.33 bits per heavy atom. The number of likely N-dealkylation sites (tertiary alicyclic amines) is 1. The lowest BCUT2D eigenvalue weighted by Gasteiger charge is -2.34. The quantitative estimate of drug-likeness (QED) is 0.698. The van der Waals surface area contributed by atoms with E-state index in [2.05, 4.69) is 0 Å². The van der Waals surface area contributed by atoms with E-state index in [-0.39, 0.29) is 18.0 Å². The molecule has 0 saturated carbocycles. The highest BCUT2D eigenvalue weighted by Gasteiger charge is 2.32. The van der Waals surface area contributed by atoms with Crippen LogP contribution >= 0.6 is 0 Å². The molecular formula is C13H23NO4. The van der Waals surface area contributed by atoms with Crippen LogP contribution in [0.3, 0.4) is 0 Å². The van der Waals surface area contributed by atoms with E-state index < -0.39 is 6.04 Å². The second-order valence-electron chi connectivity index (χ2n) is 4.71. The third-order valence-electron chi connectivity index (χ3n) is 3.46. The Labute approximate surface area is 108 Å². The lowest BCUT2D eigenvalue weighted by molar-refractivity contribution is -0.154. The van der Waals surface area contributed by atoms with Gasteiger partial charge in [0.05, 0.1) is 13.2 Å². The van der Waals surface area contributed by atoms with Gasteiger partial charge in [0, 0.05) is 20.1 Å². The van der Waals surface area contributed by atoms with Crippen LogP contribution in [-0.4, -0.2) is 49.7 Å².